The highest BCUT2D eigenvalue weighted by molar-refractivity contribution is 5.34. The minimum Gasteiger partial charge on any atom is -0.397 e. The fourth-order valence-corrected chi connectivity index (χ4v) is 2.72. The van der Waals surface area contributed by atoms with Crippen LogP contribution < -0.4 is 5.73 Å². The maximum absolute atomic E-state index is 5.64. The Bertz CT molecular complexity index is 347. The molecule has 2 atom stereocenters. The first-order valence-corrected chi connectivity index (χ1v) is 6.56. The average Bonchev–Trinajstić information content (AvgIpc) is 2.32. The van der Waals surface area contributed by atoms with Crippen molar-refractivity contribution in [3.05, 3.63) is 24.0 Å². The second kappa shape index (κ2) is 5.50. The lowest BCUT2D eigenvalue weighted by atomic mass is 9.86. The van der Waals surface area contributed by atoms with Crippen molar-refractivity contribution in [1.82, 2.24) is 9.88 Å². The van der Waals surface area contributed by atoms with Crippen molar-refractivity contribution in [2.75, 3.05) is 12.8 Å². The number of anilines is 1. The van der Waals surface area contributed by atoms with Crippen LogP contribution in [0.4, 0.5) is 5.69 Å². The van der Waals surface area contributed by atoms with Crippen LogP contribution in [-0.4, -0.2) is 23.0 Å². The third kappa shape index (κ3) is 3.43. The highest BCUT2D eigenvalue weighted by atomic mass is 15.1. The molecule has 0 spiro atoms. The molecule has 2 unspecified atom stereocenters. The first-order valence-electron chi connectivity index (χ1n) is 6.56. The van der Waals surface area contributed by atoms with Crippen molar-refractivity contribution in [1.29, 1.82) is 0 Å². The number of nitrogens with two attached hydrogens (primary N) is 1. The maximum atomic E-state index is 5.64. The molecule has 1 fully saturated rings. The van der Waals surface area contributed by atoms with E-state index in [1.807, 2.05) is 12.1 Å². The Morgan fingerprint density at radius 2 is 2.24 bits per heavy atom. The Labute approximate surface area is 104 Å². The Morgan fingerprint density at radius 1 is 1.41 bits per heavy atom. The Balaban J connectivity index is 1.91. The van der Waals surface area contributed by atoms with Gasteiger partial charge in [0.15, 0.2) is 0 Å². The molecule has 2 rings (SSSR count). The Hall–Kier alpha value is -1.09. The minimum atomic E-state index is 0.720. The Morgan fingerprint density at radius 3 is 2.88 bits per heavy atom. The molecular weight excluding hydrogens is 210 g/mol. The molecule has 1 aliphatic carbocycles. The molecule has 1 aromatic heterocycles. The number of nitrogen functional groups attached to an aromatic ring is 1. The van der Waals surface area contributed by atoms with Crippen molar-refractivity contribution in [2.45, 2.75) is 45.2 Å². The third-order valence-corrected chi connectivity index (χ3v) is 3.79. The van der Waals surface area contributed by atoms with Crippen LogP contribution in [0, 0.1) is 5.92 Å². The molecule has 1 heterocycles. The van der Waals surface area contributed by atoms with Crippen molar-refractivity contribution in [3.63, 3.8) is 0 Å². The van der Waals surface area contributed by atoms with Gasteiger partial charge in [0.2, 0.25) is 0 Å². The van der Waals surface area contributed by atoms with E-state index in [1.165, 1.54) is 25.7 Å². The van der Waals surface area contributed by atoms with Gasteiger partial charge in [0.05, 0.1) is 17.6 Å². The van der Waals surface area contributed by atoms with E-state index in [-0.39, 0.29) is 0 Å². The second-order valence-corrected chi connectivity index (χ2v) is 5.42. The van der Waals surface area contributed by atoms with Gasteiger partial charge in [0.25, 0.3) is 0 Å². The summed E-state index contributed by atoms with van der Waals surface area (Å²) in [6.07, 6.45) is 7.16. The highest BCUT2D eigenvalue weighted by Gasteiger charge is 2.22. The first-order chi connectivity index (χ1) is 8.15. The van der Waals surface area contributed by atoms with Gasteiger partial charge in [-0.3, -0.25) is 9.88 Å². The van der Waals surface area contributed by atoms with Crippen LogP contribution in [0.15, 0.2) is 18.3 Å². The number of pyridine rings is 1. The van der Waals surface area contributed by atoms with Gasteiger partial charge in [0, 0.05) is 12.6 Å². The summed E-state index contributed by atoms with van der Waals surface area (Å²) in [6, 6.07) is 4.68. The van der Waals surface area contributed by atoms with Crippen molar-refractivity contribution >= 4 is 5.69 Å². The Kier molecular flexibility index (Phi) is 4.00. The summed E-state index contributed by atoms with van der Waals surface area (Å²) in [5, 5.41) is 0. The number of hydrogen-bond donors (Lipinski definition) is 1. The molecule has 1 saturated carbocycles. The summed E-state index contributed by atoms with van der Waals surface area (Å²) >= 11 is 0. The molecule has 2 N–H and O–H groups in total. The van der Waals surface area contributed by atoms with Gasteiger partial charge in [-0.15, -0.1) is 0 Å². The SMILES string of the molecule is CC1CCCC(N(C)Cc2ccc(N)cn2)C1. The third-order valence-electron chi connectivity index (χ3n) is 3.79. The number of hydrogen-bond acceptors (Lipinski definition) is 3. The van der Waals surface area contributed by atoms with E-state index in [0.717, 1.165) is 29.9 Å². The van der Waals surface area contributed by atoms with Gasteiger partial charge >= 0.3 is 0 Å². The monoisotopic (exact) mass is 233 g/mol. The predicted octanol–water partition coefficient (Wildman–Crippen LogP) is 2.67. The van der Waals surface area contributed by atoms with Crippen molar-refractivity contribution in [3.8, 4) is 0 Å². The zero-order valence-electron chi connectivity index (χ0n) is 10.9. The van der Waals surface area contributed by atoms with Gasteiger partial charge in [-0.05, 0) is 37.9 Å². The normalized spacial score (nSPS) is 25.1. The lowest BCUT2D eigenvalue weighted by molar-refractivity contribution is 0.156. The van der Waals surface area contributed by atoms with Crippen LogP contribution in [0.5, 0.6) is 0 Å². The molecule has 0 aromatic carbocycles. The standard InChI is InChI=1S/C14H23N3/c1-11-4-3-5-14(8-11)17(2)10-13-7-6-12(15)9-16-13/h6-7,9,11,14H,3-5,8,10,15H2,1-2H3. The fraction of sp³-hybridized carbons (Fsp3) is 0.643. The maximum Gasteiger partial charge on any atom is 0.0545 e. The summed E-state index contributed by atoms with van der Waals surface area (Å²) in [5.74, 6) is 0.871. The van der Waals surface area contributed by atoms with E-state index in [4.69, 9.17) is 5.73 Å². The molecule has 1 aliphatic rings. The van der Waals surface area contributed by atoms with Gasteiger partial charge in [-0.1, -0.05) is 19.8 Å². The van der Waals surface area contributed by atoms with Crippen LogP contribution in [0.1, 0.15) is 38.3 Å². The van der Waals surface area contributed by atoms with Crippen molar-refractivity contribution < 1.29 is 0 Å². The van der Waals surface area contributed by atoms with Crippen LogP contribution in [-0.2, 0) is 6.54 Å². The number of rotatable bonds is 3. The van der Waals surface area contributed by atoms with E-state index < -0.39 is 0 Å². The molecule has 0 aliphatic heterocycles. The summed E-state index contributed by atoms with van der Waals surface area (Å²) in [7, 11) is 2.21. The summed E-state index contributed by atoms with van der Waals surface area (Å²) in [4.78, 5) is 6.80. The lowest BCUT2D eigenvalue weighted by Gasteiger charge is -2.33. The van der Waals surface area contributed by atoms with E-state index in [9.17, 15) is 0 Å². The number of nitrogens with zero attached hydrogens (tertiary/aromatic N) is 2. The van der Waals surface area contributed by atoms with Gasteiger partial charge in [0.1, 0.15) is 0 Å². The molecule has 3 nitrogen and oxygen atoms in total. The van der Waals surface area contributed by atoms with Crippen LogP contribution in [0.3, 0.4) is 0 Å². The highest BCUT2D eigenvalue weighted by Crippen LogP contribution is 2.27. The van der Waals surface area contributed by atoms with Gasteiger partial charge in [-0.2, -0.15) is 0 Å². The second-order valence-electron chi connectivity index (χ2n) is 5.42. The summed E-state index contributed by atoms with van der Waals surface area (Å²) in [5.41, 5.74) is 7.49. The molecular formula is C14H23N3. The van der Waals surface area contributed by atoms with Gasteiger partial charge < -0.3 is 5.73 Å². The van der Waals surface area contributed by atoms with Gasteiger partial charge in [-0.25, -0.2) is 0 Å². The zero-order valence-corrected chi connectivity index (χ0v) is 10.9. The molecule has 0 amide bonds. The molecule has 3 heteroatoms. The van der Waals surface area contributed by atoms with E-state index in [2.05, 4.69) is 23.9 Å². The summed E-state index contributed by atoms with van der Waals surface area (Å²) < 4.78 is 0. The molecule has 0 radical (unpaired) electrons. The fourth-order valence-electron chi connectivity index (χ4n) is 2.72. The topological polar surface area (TPSA) is 42.1 Å². The van der Waals surface area contributed by atoms with E-state index in [0.29, 0.717) is 0 Å². The average molecular weight is 233 g/mol. The lowest BCUT2D eigenvalue weighted by Crippen LogP contribution is -2.35. The summed E-state index contributed by atoms with van der Waals surface area (Å²) in [6.45, 7) is 3.29. The largest absolute Gasteiger partial charge is 0.397 e. The molecule has 0 bridgehead atoms. The zero-order chi connectivity index (χ0) is 12.3. The smallest absolute Gasteiger partial charge is 0.0545 e. The van der Waals surface area contributed by atoms with Crippen LogP contribution >= 0.6 is 0 Å². The van der Waals surface area contributed by atoms with E-state index >= 15 is 0 Å². The quantitative estimate of drug-likeness (QED) is 0.872. The van der Waals surface area contributed by atoms with Crippen LogP contribution in [0.25, 0.3) is 0 Å². The molecule has 1 aromatic rings. The molecule has 0 saturated heterocycles. The minimum absolute atomic E-state index is 0.720. The number of aromatic nitrogens is 1. The van der Waals surface area contributed by atoms with Crippen LogP contribution in [0.2, 0.25) is 0 Å². The first kappa shape index (κ1) is 12.4. The van der Waals surface area contributed by atoms with Crippen molar-refractivity contribution in [2.24, 2.45) is 5.92 Å². The molecule has 17 heavy (non-hydrogen) atoms. The predicted molar refractivity (Wildman–Crippen MR) is 71.5 cm³/mol. The van der Waals surface area contributed by atoms with E-state index in [1.54, 1.807) is 6.20 Å². The molecule has 94 valence electrons.